The van der Waals surface area contributed by atoms with Crippen LogP contribution >= 0.6 is 0 Å². The molecule has 5 nitrogen and oxygen atoms in total. The van der Waals surface area contributed by atoms with Crippen molar-refractivity contribution < 1.29 is 32.6 Å². The van der Waals surface area contributed by atoms with Crippen LogP contribution in [0.5, 0.6) is 5.75 Å². The largest absolute Gasteiger partial charge is 0.493 e. The highest BCUT2D eigenvalue weighted by Crippen LogP contribution is 2.37. The lowest BCUT2D eigenvalue weighted by atomic mass is 9.84. The summed E-state index contributed by atoms with van der Waals surface area (Å²) < 4.78 is 42.3. The molecule has 20 heavy (non-hydrogen) atoms. The van der Waals surface area contributed by atoms with E-state index in [4.69, 9.17) is 4.74 Å². The summed E-state index contributed by atoms with van der Waals surface area (Å²) in [7, 11) is 0. The first-order valence-corrected chi connectivity index (χ1v) is 5.62. The van der Waals surface area contributed by atoms with Gasteiger partial charge in [-0.05, 0) is 6.07 Å². The molecule has 1 aromatic rings. The Hall–Kier alpha value is -2.25. The molecule has 0 aromatic heterocycles. The third-order valence-corrected chi connectivity index (χ3v) is 3.03. The van der Waals surface area contributed by atoms with E-state index < -0.39 is 23.6 Å². The number of carboxylic acid groups (broad SMARTS) is 1. The number of ether oxygens (including phenoxy) is 1. The highest BCUT2D eigenvalue weighted by Gasteiger charge is 2.51. The second-order valence-corrected chi connectivity index (χ2v) is 4.26. The Labute approximate surface area is 111 Å². The predicted molar refractivity (Wildman–Crippen MR) is 60.1 cm³/mol. The molecule has 0 aliphatic carbocycles. The second-order valence-electron chi connectivity index (χ2n) is 4.26. The molecule has 2 rings (SSSR count). The first-order chi connectivity index (χ1) is 9.27. The van der Waals surface area contributed by atoms with Gasteiger partial charge in [0.15, 0.2) is 5.54 Å². The molecule has 0 saturated carbocycles. The first kappa shape index (κ1) is 14.2. The Morgan fingerprint density at radius 3 is 2.55 bits per heavy atom. The van der Waals surface area contributed by atoms with Crippen molar-refractivity contribution in [2.75, 3.05) is 6.61 Å². The monoisotopic (exact) mass is 289 g/mol. The lowest BCUT2D eigenvalue weighted by Crippen LogP contribution is -2.57. The summed E-state index contributed by atoms with van der Waals surface area (Å²) >= 11 is 0. The molecule has 1 unspecified atom stereocenters. The van der Waals surface area contributed by atoms with Gasteiger partial charge in [-0.3, -0.25) is 4.79 Å². The number of carbonyl (C=O) groups is 2. The lowest BCUT2D eigenvalue weighted by Gasteiger charge is -2.35. The number of amides is 1. The summed E-state index contributed by atoms with van der Waals surface area (Å²) in [6.45, 7) is -0.110. The van der Waals surface area contributed by atoms with E-state index in [1.54, 1.807) is 11.4 Å². The Balaban J connectivity index is 2.48. The normalized spacial score (nSPS) is 21.6. The van der Waals surface area contributed by atoms with Gasteiger partial charge in [-0.25, -0.2) is 4.79 Å². The summed E-state index contributed by atoms with van der Waals surface area (Å²) in [5, 5.41) is 10.9. The molecule has 1 aromatic carbocycles. The van der Waals surface area contributed by atoms with Crippen LogP contribution in [-0.4, -0.2) is 29.8 Å². The predicted octanol–water partition coefficient (Wildman–Crippen LogP) is 1.43. The molecule has 2 N–H and O–H groups in total. The number of benzene rings is 1. The highest BCUT2D eigenvalue weighted by molar-refractivity contribution is 5.91. The Morgan fingerprint density at radius 1 is 1.30 bits per heavy atom. The summed E-state index contributed by atoms with van der Waals surface area (Å²) in [4.78, 5) is 22.6. The molecule has 1 aliphatic heterocycles. The van der Waals surface area contributed by atoms with Crippen molar-refractivity contribution in [3.8, 4) is 5.75 Å². The zero-order valence-corrected chi connectivity index (χ0v) is 10.0. The van der Waals surface area contributed by atoms with Crippen molar-refractivity contribution in [3.05, 3.63) is 29.8 Å². The highest BCUT2D eigenvalue weighted by atomic mass is 19.4. The van der Waals surface area contributed by atoms with Gasteiger partial charge in [0.05, 0.1) is 6.61 Å². The van der Waals surface area contributed by atoms with Crippen molar-refractivity contribution in [3.63, 3.8) is 0 Å². The number of para-hydroxylation sites is 1. The number of hydrogen-bond donors (Lipinski definition) is 2. The molecule has 108 valence electrons. The van der Waals surface area contributed by atoms with Crippen molar-refractivity contribution in [1.82, 2.24) is 5.32 Å². The summed E-state index contributed by atoms with van der Waals surface area (Å²) in [6.07, 6.45) is -5.45. The Morgan fingerprint density at radius 2 is 1.95 bits per heavy atom. The van der Waals surface area contributed by atoms with Gasteiger partial charge in [0.2, 0.25) is 0 Å². The maximum atomic E-state index is 12.4. The minimum absolute atomic E-state index is 0.00338. The fraction of sp³-hybridized carbons (Fsp3) is 0.333. The fourth-order valence-corrected chi connectivity index (χ4v) is 2.06. The van der Waals surface area contributed by atoms with Crippen LogP contribution in [0, 0.1) is 0 Å². The van der Waals surface area contributed by atoms with Gasteiger partial charge in [-0.1, -0.05) is 18.2 Å². The van der Waals surface area contributed by atoms with Crippen LogP contribution in [0.3, 0.4) is 0 Å². The lowest BCUT2D eigenvalue weighted by molar-refractivity contribution is -0.178. The number of halogens is 3. The molecule has 1 atom stereocenters. The molecule has 0 saturated heterocycles. The molecule has 1 amide bonds. The molecule has 1 aliphatic rings. The van der Waals surface area contributed by atoms with Crippen molar-refractivity contribution in [1.29, 1.82) is 0 Å². The van der Waals surface area contributed by atoms with Gasteiger partial charge in [0.25, 0.3) is 0 Å². The van der Waals surface area contributed by atoms with Crippen LogP contribution < -0.4 is 10.1 Å². The average Bonchev–Trinajstić information content (AvgIpc) is 2.37. The molecule has 1 heterocycles. The number of carbonyl (C=O) groups excluding carboxylic acids is 1. The Bertz CT molecular complexity index is 558. The zero-order valence-electron chi connectivity index (χ0n) is 10.0. The first-order valence-electron chi connectivity index (χ1n) is 5.62. The van der Waals surface area contributed by atoms with Gasteiger partial charge < -0.3 is 15.2 Å². The number of nitrogens with one attached hydrogen (secondary N) is 1. The smallest absolute Gasteiger partial charge is 0.471 e. The van der Waals surface area contributed by atoms with E-state index in [-0.39, 0.29) is 24.3 Å². The van der Waals surface area contributed by atoms with Crippen LogP contribution in [0.25, 0.3) is 0 Å². The molecule has 0 bridgehead atoms. The van der Waals surface area contributed by atoms with E-state index in [9.17, 15) is 27.9 Å². The summed E-state index contributed by atoms with van der Waals surface area (Å²) in [6, 6.07) is 5.78. The number of carboxylic acids is 1. The number of hydrogen-bond acceptors (Lipinski definition) is 3. The van der Waals surface area contributed by atoms with E-state index in [0.29, 0.717) is 0 Å². The minimum Gasteiger partial charge on any atom is -0.493 e. The molecular weight excluding hydrogens is 279 g/mol. The number of alkyl halides is 3. The minimum atomic E-state index is -5.16. The SMILES string of the molecule is O=C(NC1(C(=O)O)CCOc2ccccc21)C(F)(F)F. The number of rotatable bonds is 2. The maximum Gasteiger partial charge on any atom is 0.471 e. The number of fused-ring (bicyclic) bond motifs is 1. The third kappa shape index (κ3) is 2.28. The molecule has 0 fully saturated rings. The van der Waals surface area contributed by atoms with Gasteiger partial charge in [-0.15, -0.1) is 0 Å². The van der Waals surface area contributed by atoms with Crippen LogP contribution in [0.15, 0.2) is 24.3 Å². The van der Waals surface area contributed by atoms with Gasteiger partial charge >= 0.3 is 18.1 Å². The van der Waals surface area contributed by atoms with Crippen LogP contribution in [0.2, 0.25) is 0 Å². The summed E-state index contributed by atoms with van der Waals surface area (Å²) in [5.41, 5.74) is -2.14. The van der Waals surface area contributed by atoms with Gasteiger partial charge in [0, 0.05) is 12.0 Å². The van der Waals surface area contributed by atoms with Crippen molar-refractivity contribution in [2.45, 2.75) is 18.1 Å². The van der Waals surface area contributed by atoms with Gasteiger partial charge in [-0.2, -0.15) is 13.2 Å². The topological polar surface area (TPSA) is 75.6 Å². The Kier molecular flexibility index (Phi) is 3.33. The molecule has 0 radical (unpaired) electrons. The quantitative estimate of drug-likeness (QED) is 0.863. The summed E-state index contributed by atoms with van der Waals surface area (Å²) in [5.74, 6) is -3.72. The van der Waals surface area contributed by atoms with Crippen molar-refractivity contribution >= 4 is 11.9 Å². The van der Waals surface area contributed by atoms with Crippen LogP contribution in [0.4, 0.5) is 13.2 Å². The van der Waals surface area contributed by atoms with E-state index in [1.165, 1.54) is 18.2 Å². The number of aliphatic carboxylic acids is 1. The molecule has 8 heteroatoms. The molecular formula is C12H10F3NO4. The van der Waals surface area contributed by atoms with E-state index in [2.05, 4.69) is 0 Å². The van der Waals surface area contributed by atoms with E-state index in [0.717, 1.165) is 0 Å². The van der Waals surface area contributed by atoms with E-state index in [1.807, 2.05) is 0 Å². The standard InChI is InChI=1S/C12H10F3NO4/c13-12(14,15)9(17)16-11(10(18)19)5-6-20-8-4-2-1-3-7(8)11/h1-4H,5-6H2,(H,16,17)(H,18,19). The van der Waals surface area contributed by atoms with E-state index >= 15 is 0 Å². The molecule has 0 spiro atoms. The fourth-order valence-electron chi connectivity index (χ4n) is 2.06. The maximum absolute atomic E-state index is 12.4. The average molecular weight is 289 g/mol. The van der Waals surface area contributed by atoms with Crippen LogP contribution in [-0.2, 0) is 15.1 Å². The van der Waals surface area contributed by atoms with Gasteiger partial charge in [0.1, 0.15) is 5.75 Å². The van der Waals surface area contributed by atoms with Crippen LogP contribution in [0.1, 0.15) is 12.0 Å². The zero-order chi connectivity index (χ0) is 15.0. The third-order valence-electron chi connectivity index (χ3n) is 3.03. The van der Waals surface area contributed by atoms with Crippen molar-refractivity contribution in [2.24, 2.45) is 0 Å². The second kappa shape index (κ2) is 4.69.